The molecule has 2 aromatic carbocycles. The Labute approximate surface area is 165 Å². The molecule has 0 N–H and O–H groups in total. The zero-order chi connectivity index (χ0) is 20.1. The van der Waals surface area contributed by atoms with Gasteiger partial charge in [0, 0.05) is 11.8 Å². The number of hydrogen-bond donors (Lipinski definition) is 0. The second kappa shape index (κ2) is 6.48. The summed E-state index contributed by atoms with van der Waals surface area (Å²) in [5.41, 5.74) is 0.626. The lowest BCUT2D eigenvalue weighted by Crippen LogP contribution is -2.46. The molecule has 3 aliphatic rings. The van der Waals surface area contributed by atoms with Crippen molar-refractivity contribution < 1.29 is 18.8 Å². The molecule has 0 aliphatic carbocycles. The number of amides is 2. The fourth-order valence-corrected chi connectivity index (χ4v) is 4.48. The molecule has 6 nitrogen and oxygen atoms in total. The Morgan fingerprint density at radius 2 is 1.72 bits per heavy atom. The zero-order valence-corrected chi connectivity index (χ0v) is 15.2. The van der Waals surface area contributed by atoms with Crippen molar-refractivity contribution in [1.29, 1.82) is 0 Å². The number of halogens is 1. The van der Waals surface area contributed by atoms with Crippen LogP contribution in [-0.2, 0) is 9.59 Å². The van der Waals surface area contributed by atoms with Crippen LogP contribution in [-0.4, -0.2) is 40.9 Å². The van der Waals surface area contributed by atoms with Gasteiger partial charge < -0.3 is 0 Å². The summed E-state index contributed by atoms with van der Waals surface area (Å²) in [4.78, 5) is 40.9. The summed E-state index contributed by atoms with van der Waals surface area (Å²) in [6, 6.07) is 12.6. The third-order valence-electron chi connectivity index (χ3n) is 5.68. The van der Waals surface area contributed by atoms with Gasteiger partial charge >= 0.3 is 0 Å². The van der Waals surface area contributed by atoms with Gasteiger partial charge in [0.2, 0.25) is 11.8 Å². The van der Waals surface area contributed by atoms with Crippen LogP contribution in [0.5, 0.6) is 0 Å². The Kier molecular flexibility index (Phi) is 3.91. The highest BCUT2D eigenvalue weighted by atomic mass is 19.1. The number of rotatable bonds is 3. The number of carbonyl (C=O) groups is 3. The first-order valence-corrected chi connectivity index (χ1v) is 9.29. The number of nitrogens with zero attached hydrogens (tertiary/aromatic N) is 3. The number of anilines is 1. The fourth-order valence-electron chi connectivity index (χ4n) is 4.48. The SMILES string of the molecule is O=C(c1ccccc1)[C@@H]1[C@@H]2C(=O)N(c3cccc(F)c3)C(=O)[C@@H]2C2C=CC=NN21. The molecule has 2 amide bonds. The highest BCUT2D eigenvalue weighted by Crippen LogP contribution is 2.46. The van der Waals surface area contributed by atoms with Crippen LogP contribution >= 0.6 is 0 Å². The molecule has 0 bridgehead atoms. The Balaban J connectivity index is 1.59. The van der Waals surface area contributed by atoms with Gasteiger partial charge in [0.05, 0.1) is 23.6 Å². The summed E-state index contributed by atoms with van der Waals surface area (Å²) < 4.78 is 13.7. The summed E-state index contributed by atoms with van der Waals surface area (Å²) in [7, 11) is 0. The van der Waals surface area contributed by atoms with Crippen LogP contribution in [0.15, 0.2) is 71.9 Å². The minimum absolute atomic E-state index is 0.176. The van der Waals surface area contributed by atoms with Crippen molar-refractivity contribution >= 4 is 29.5 Å². The molecule has 2 fully saturated rings. The van der Waals surface area contributed by atoms with E-state index in [1.54, 1.807) is 53.7 Å². The van der Waals surface area contributed by atoms with Crippen LogP contribution in [0.1, 0.15) is 10.4 Å². The van der Waals surface area contributed by atoms with Crippen LogP contribution < -0.4 is 4.90 Å². The van der Waals surface area contributed by atoms with E-state index in [2.05, 4.69) is 5.10 Å². The van der Waals surface area contributed by atoms with Crippen LogP contribution in [0.4, 0.5) is 10.1 Å². The maximum absolute atomic E-state index is 13.7. The fraction of sp³-hybridized carbons (Fsp3) is 0.182. The predicted molar refractivity (Wildman–Crippen MR) is 104 cm³/mol. The molecule has 7 heteroatoms. The largest absolute Gasteiger partial charge is 0.292 e. The number of imide groups is 1. The van der Waals surface area contributed by atoms with Crippen molar-refractivity contribution in [2.45, 2.75) is 12.1 Å². The molecule has 2 saturated heterocycles. The summed E-state index contributed by atoms with van der Waals surface area (Å²) in [5.74, 6) is -3.39. The highest BCUT2D eigenvalue weighted by molar-refractivity contribution is 6.24. The van der Waals surface area contributed by atoms with E-state index in [4.69, 9.17) is 0 Å². The van der Waals surface area contributed by atoms with E-state index in [0.29, 0.717) is 5.56 Å². The van der Waals surface area contributed by atoms with E-state index in [1.807, 2.05) is 0 Å². The minimum Gasteiger partial charge on any atom is -0.292 e. The third-order valence-corrected chi connectivity index (χ3v) is 5.68. The molecule has 144 valence electrons. The lowest BCUT2D eigenvalue weighted by atomic mass is 9.86. The molecular formula is C22H16FN3O3. The van der Waals surface area contributed by atoms with Gasteiger partial charge in [-0.2, -0.15) is 5.10 Å². The average molecular weight is 389 g/mol. The molecule has 29 heavy (non-hydrogen) atoms. The molecule has 5 rings (SSSR count). The molecule has 1 unspecified atom stereocenters. The third kappa shape index (κ3) is 2.54. The Hall–Kier alpha value is -3.61. The maximum atomic E-state index is 13.7. The number of allylic oxidation sites excluding steroid dienone is 1. The van der Waals surface area contributed by atoms with Crippen molar-refractivity contribution in [2.24, 2.45) is 16.9 Å². The standard InChI is InChI=1S/C22H16FN3O3/c23-14-8-4-9-15(12-14)25-21(28)17-16-10-5-11-24-26(16)19(18(17)22(25)29)20(27)13-6-2-1-3-7-13/h1-12,16-19H/t16?,17-,18-,19+/m1/s1. The van der Waals surface area contributed by atoms with Crippen molar-refractivity contribution in [3.63, 3.8) is 0 Å². The van der Waals surface area contributed by atoms with Gasteiger partial charge in [0.25, 0.3) is 0 Å². The summed E-state index contributed by atoms with van der Waals surface area (Å²) >= 11 is 0. The van der Waals surface area contributed by atoms with E-state index < -0.39 is 41.6 Å². The van der Waals surface area contributed by atoms with Crippen molar-refractivity contribution in [1.82, 2.24) is 5.01 Å². The Bertz CT molecular complexity index is 1080. The average Bonchev–Trinajstić information content (AvgIpc) is 3.21. The van der Waals surface area contributed by atoms with Crippen LogP contribution in [0.25, 0.3) is 0 Å². The maximum Gasteiger partial charge on any atom is 0.240 e. The molecule has 0 spiro atoms. The quantitative estimate of drug-likeness (QED) is 0.597. The first-order valence-electron chi connectivity index (χ1n) is 9.29. The second-order valence-corrected chi connectivity index (χ2v) is 7.24. The summed E-state index contributed by atoms with van der Waals surface area (Å²) in [5, 5.41) is 5.86. The van der Waals surface area contributed by atoms with Gasteiger partial charge in [-0.15, -0.1) is 0 Å². The lowest BCUT2D eigenvalue weighted by molar-refractivity contribution is -0.123. The first-order chi connectivity index (χ1) is 14.1. The molecule has 2 aromatic rings. The molecule has 3 aliphatic heterocycles. The monoisotopic (exact) mass is 389 g/mol. The number of fused-ring (bicyclic) bond motifs is 3. The van der Waals surface area contributed by atoms with Crippen LogP contribution in [0.3, 0.4) is 0 Å². The van der Waals surface area contributed by atoms with E-state index in [0.717, 1.165) is 11.0 Å². The van der Waals surface area contributed by atoms with Crippen LogP contribution in [0, 0.1) is 17.7 Å². The number of carbonyl (C=O) groups excluding carboxylic acids is 3. The topological polar surface area (TPSA) is 70.0 Å². The normalized spacial score (nSPS) is 27.3. The number of ketones is 1. The van der Waals surface area contributed by atoms with E-state index >= 15 is 0 Å². The zero-order valence-electron chi connectivity index (χ0n) is 15.2. The van der Waals surface area contributed by atoms with Gasteiger partial charge in [0.1, 0.15) is 11.9 Å². The first kappa shape index (κ1) is 17.5. The van der Waals surface area contributed by atoms with Gasteiger partial charge in [-0.1, -0.05) is 42.5 Å². The number of Topliss-reactive ketones (excluding diaryl/α,β-unsaturated/α-hetero) is 1. The van der Waals surface area contributed by atoms with Gasteiger partial charge in [-0.3, -0.25) is 19.4 Å². The molecule has 0 aromatic heterocycles. The van der Waals surface area contributed by atoms with Crippen LogP contribution in [0.2, 0.25) is 0 Å². The molecular weight excluding hydrogens is 373 g/mol. The highest BCUT2D eigenvalue weighted by Gasteiger charge is 2.64. The molecule has 0 radical (unpaired) electrons. The number of hydrogen-bond acceptors (Lipinski definition) is 5. The number of benzene rings is 2. The van der Waals surface area contributed by atoms with Gasteiger partial charge in [-0.05, 0) is 24.3 Å². The smallest absolute Gasteiger partial charge is 0.240 e. The van der Waals surface area contributed by atoms with Crippen molar-refractivity contribution in [3.8, 4) is 0 Å². The number of hydrazone groups is 1. The lowest BCUT2D eigenvalue weighted by Gasteiger charge is -2.30. The second-order valence-electron chi connectivity index (χ2n) is 7.24. The minimum atomic E-state index is -0.899. The van der Waals surface area contributed by atoms with Gasteiger partial charge in [0.15, 0.2) is 5.78 Å². The Morgan fingerprint density at radius 1 is 0.966 bits per heavy atom. The predicted octanol–water partition coefficient (Wildman–Crippen LogP) is 2.42. The Morgan fingerprint density at radius 3 is 2.48 bits per heavy atom. The van der Waals surface area contributed by atoms with Crippen molar-refractivity contribution in [3.05, 3.63) is 78.1 Å². The van der Waals surface area contributed by atoms with E-state index in [-0.39, 0.29) is 11.5 Å². The van der Waals surface area contributed by atoms with E-state index in [1.165, 1.54) is 18.2 Å². The molecule has 0 saturated carbocycles. The van der Waals surface area contributed by atoms with Gasteiger partial charge in [-0.25, -0.2) is 9.29 Å². The molecule has 3 heterocycles. The summed E-state index contributed by atoms with van der Waals surface area (Å²) in [6.07, 6.45) is 5.03. The summed E-state index contributed by atoms with van der Waals surface area (Å²) in [6.45, 7) is 0. The van der Waals surface area contributed by atoms with E-state index in [9.17, 15) is 18.8 Å². The van der Waals surface area contributed by atoms with Crippen molar-refractivity contribution in [2.75, 3.05) is 4.90 Å². The molecule has 4 atom stereocenters.